The summed E-state index contributed by atoms with van der Waals surface area (Å²) in [7, 11) is 0. The van der Waals surface area contributed by atoms with Gasteiger partial charge in [0.05, 0.1) is 10.5 Å². The van der Waals surface area contributed by atoms with Gasteiger partial charge in [0.1, 0.15) is 15.5 Å². The fourth-order valence-corrected chi connectivity index (χ4v) is 8.30. The first-order valence-electron chi connectivity index (χ1n) is 4.75. The Kier molecular flexibility index (Phi) is 3.68. The van der Waals surface area contributed by atoms with Gasteiger partial charge < -0.3 is 0 Å². The van der Waals surface area contributed by atoms with E-state index < -0.39 is 0 Å². The average molecular weight is 483 g/mol. The molecule has 2 rings (SSSR count). The van der Waals surface area contributed by atoms with Gasteiger partial charge in [-0.2, -0.15) is 0 Å². The summed E-state index contributed by atoms with van der Waals surface area (Å²) < 4.78 is 2.29. The smallest absolute Gasteiger partial charge is 0.206 e. The number of Topliss-reactive ketones (excluding diaryl/α,β-unsaturated/α-hetero) is 1. The molecule has 0 aromatic heterocycles. The van der Waals surface area contributed by atoms with Gasteiger partial charge in [-0.3, -0.25) is 9.59 Å². The fraction of sp³-hybridized carbons (Fsp3) is 0.778. The minimum absolute atomic E-state index is 0.0167. The van der Waals surface area contributed by atoms with Gasteiger partial charge in [0, 0.05) is 45.5 Å². The Bertz CT molecular complexity index is 347. The topological polar surface area (TPSA) is 37.1 Å². The van der Waals surface area contributed by atoms with Crippen molar-refractivity contribution in [2.75, 3.05) is 0 Å². The molecule has 90 valence electrons. The molecule has 7 heteroatoms. The minimum Gasteiger partial charge on any atom is -0.299 e. The molecule has 2 aliphatic heterocycles. The Morgan fingerprint density at radius 2 is 1.62 bits per heavy atom. The highest BCUT2D eigenvalue weighted by Gasteiger charge is 2.75. The van der Waals surface area contributed by atoms with Crippen molar-refractivity contribution >= 4 is 78.6 Å². The van der Waals surface area contributed by atoms with Gasteiger partial charge in [0.25, 0.3) is 0 Å². The highest BCUT2D eigenvalue weighted by molar-refractivity contribution is 14.1. The minimum atomic E-state index is -0.207. The molecule has 0 spiro atoms. The van der Waals surface area contributed by atoms with E-state index in [2.05, 4.69) is 39.8 Å². The molecular weight excluding hydrogens is 472 g/mol. The number of ketones is 1. The molecule has 0 saturated carbocycles. The van der Waals surface area contributed by atoms with E-state index in [1.165, 1.54) is 0 Å². The quantitative estimate of drug-likeness (QED) is 0.262. The summed E-state index contributed by atoms with van der Waals surface area (Å²) in [6.45, 7) is 5.86. The van der Waals surface area contributed by atoms with Gasteiger partial charge in [-0.05, 0) is 20.8 Å². The number of carbonyl (C=O) groups is 2. The number of hydrogen-bond donors (Lipinski definition) is 0. The molecule has 2 heterocycles. The van der Waals surface area contributed by atoms with Crippen molar-refractivity contribution in [1.82, 2.24) is 3.11 Å². The fourth-order valence-electron chi connectivity index (χ4n) is 1.91. The number of rotatable bonds is 2. The molecule has 5 unspecified atom stereocenters. The molecule has 0 bridgehead atoms. The predicted octanol–water partition coefficient (Wildman–Crippen LogP) is 2.85. The highest BCUT2D eigenvalue weighted by atomic mass is 127. The summed E-state index contributed by atoms with van der Waals surface area (Å²) in [5, 5.41) is -0.409. The van der Waals surface area contributed by atoms with Crippen LogP contribution in [0.25, 0.3) is 0 Å². The maximum absolute atomic E-state index is 11.6. The number of hydrogen-bond acceptors (Lipinski definition) is 5. The van der Waals surface area contributed by atoms with Crippen LogP contribution in [0.2, 0.25) is 0 Å². The third-order valence-electron chi connectivity index (χ3n) is 3.17. The van der Waals surface area contributed by atoms with Crippen LogP contribution in [0.1, 0.15) is 20.8 Å². The molecule has 0 aromatic rings. The van der Waals surface area contributed by atoms with E-state index in [0.717, 1.165) is 0 Å². The van der Waals surface area contributed by atoms with Crippen molar-refractivity contribution in [3.63, 3.8) is 0 Å². The van der Waals surface area contributed by atoms with Crippen LogP contribution in [0.15, 0.2) is 0 Å². The van der Waals surface area contributed by atoms with Crippen LogP contribution < -0.4 is 0 Å². The van der Waals surface area contributed by atoms with E-state index in [4.69, 9.17) is 0 Å². The van der Waals surface area contributed by atoms with Crippen molar-refractivity contribution in [3.8, 4) is 0 Å². The molecule has 0 aromatic carbocycles. The Labute approximate surface area is 131 Å². The van der Waals surface area contributed by atoms with Crippen LogP contribution in [0.4, 0.5) is 0 Å². The molecule has 2 aliphatic rings. The maximum atomic E-state index is 11.6. The number of thioether (sulfide) groups is 2. The molecular formula is C9H11I2NO2S2. The van der Waals surface area contributed by atoms with E-state index >= 15 is 0 Å². The first-order valence-corrected chi connectivity index (χ1v) is 8.56. The Hall–Kier alpha value is 1.46. The third kappa shape index (κ3) is 1.79. The van der Waals surface area contributed by atoms with Gasteiger partial charge in [-0.15, -0.1) is 23.5 Å². The lowest BCUT2D eigenvalue weighted by Gasteiger charge is -2.31. The van der Waals surface area contributed by atoms with Crippen molar-refractivity contribution in [1.29, 1.82) is 0 Å². The normalized spacial score (nSPS) is 50.7. The van der Waals surface area contributed by atoms with Crippen molar-refractivity contribution in [2.24, 2.45) is 0 Å². The zero-order chi connectivity index (χ0) is 12.3. The summed E-state index contributed by atoms with van der Waals surface area (Å²) in [4.78, 5) is 23.2. The molecule has 2 fully saturated rings. The third-order valence-corrected chi connectivity index (χ3v) is 10.8. The molecule has 0 aliphatic carbocycles. The second-order valence-electron chi connectivity index (χ2n) is 4.24. The number of halogens is 2. The lowest BCUT2D eigenvalue weighted by molar-refractivity contribution is -0.118. The zero-order valence-electron chi connectivity index (χ0n) is 8.99. The summed E-state index contributed by atoms with van der Waals surface area (Å²) in [6.07, 6.45) is 0. The lowest BCUT2D eigenvalue weighted by atomic mass is 10.2. The maximum Gasteiger partial charge on any atom is 0.206 e. The van der Waals surface area contributed by atoms with Crippen LogP contribution in [0.3, 0.4) is 0 Å². The van der Waals surface area contributed by atoms with Crippen LogP contribution >= 0.6 is 69.0 Å². The Morgan fingerprint density at radius 3 is 2.00 bits per heavy atom. The number of carbonyl (C=O) groups excluding carboxylic acids is 2. The van der Waals surface area contributed by atoms with Crippen LogP contribution in [-0.4, -0.2) is 32.9 Å². The largest absolute Gasteiger partial charge is 0.299 e. The van der Waals surface area contributed by atoms with Gasteiger partial charge in [0.2, 0.25) is 3.79 Å². The van der Waals surface area contributed by atoms with Crippen LogP contribution in [0.5, 0.6) is 0 Å². The van der Waals surface area contributed by atoms with Crippen molar-refractivity contribution in [2.45, 2.75) is 41.0 Å². The summed E-state index contributed by atoms with van der Waals surface area (Å²) in [5.41, 5.74) is 0. The lowest BCUT2D eigenvalue weighted by Crippen LogP contribution is -2.40. The Balaban J connectivity index is 2.30. The summed E-state index contributed by atoms with van der Waals surface area (Å²) in [5.74, 6) is 0.104. The summed E-state index contributed by atoms with van der Waals surface area (Å²) in [6, 6.07) is 0. The molecule has 0 radical (unpaired) electrons. The average Bonchev–Trinajstić information content (AvgIpc) is 2.61. The molecule has 0 amide bonds. The van der Waals surface area contributed by atoms with E-state index in [-0.39, 0.29) is 29.8 Å². The van der Waals surface area contributed by atoms with Gasteiger partial charge >= 0.3 is 0 Å². The molecule has 16 heavy (non-hydrogen) atoms. The second-order valence-corrected chi connectivity index (χ2v) is 9.34. The highest BCUT2D eigenvalue weighted by Crippen LogP contribution is 2.72. The molecule has 0 N–H and O–H groups in total. The first kappa shape index (κ1) is 13.9. The summed E-state index contributed by atoms with van der Waals surface area (Å²) >= 11 is 7.37. The van der Waals surface area contributed by atoms with Gasteiger partial charge in [0.15, 0.2) is 0 Å². The van der Waals surface area contributed by atoms with Gasteiger partial charge in [-0.1, -0.05) is 0 Å². The first-order chi connectivity index (χ1) is 7.24. The van der Waals surface area contributed by atoms with E-state index in [9.17, 15) is 9.59 Å². The van der Waals surface area contributed by atoms with Crippen LogP contribution in [0, 0.1) is 0 Å². The number of nitrogens with zero attached hydrogens (tertiary/aromatic N) is 1. The number of fused-ring (bicyclic) bond motifs is 1. The standard InChI is InChI=1S/C9H11I2NO2S2/c1-4(13)5-6(7(10)14)16-9(3)8(2,15-5)12(9)11/h5-6H,1-3H3. The van der Waals surface area contributed by atoms with E-state index in [0.29, 0.717) is 0 Å². The zero-order valence-corrected chi connectivity index (χ0v) is 14.9. The SMILES string of the molecule is CC(=O)C1SC2(C)N(I)C2(C)SC1C(=O)I. The monoisotopic (exact) mass is 483 g/mol. The molecule has 5 atom stereocenters. The van der Waals surface area contributed by atoms with Crippen molar-refractivity contribution < 1.29 is 9.59 Å². The van der Waals surface area contributed by atoms with Gasteiger partial charge in [-0.25, -0.2) is 3.11 Å². The molecule has 2 saturated heterocycles. The van der Waals surface area contributed by atoms with E-state index in [1.54, 1.807) is 30.4 Å². The van der Waals surface area contributed by atoms with Crippen molar-refractivity contribution in [3.05, 3.63) is 0 Å². The van der Waals surface area contributed by atoms with Crippen LogP contribution in [-0.2, 0) is 9.59 Å². The van der Waals surface area contributed by atoms with E-state index in [1.807, 2.05) is 22.6 Å². The predicted molar refractivity (Wildman–Crippen MR) is 85.1 cm³/mol. The Morgan fingerprint density at radius 1 is 1.19 bits per heavy atom. The second kappa shape index (κ2) is 4.24. The molecule has 3 nitrogen and oxygen atoms in total.